The molecule has 0 saturated heterocycles. The monoisotopic (exact) mass is 322 g/mol. The molecule has 0 unspecified atom stereocenters. The number of para-hydroxylation sites is 1. The van der Waals surface area contributed by atoms with Gasteiger partial charge in [0.25, 0.3) is 0 Å². The number of hydrogen-bond donors (Lipinski definition) is 1. The highest BCUT2D eigenvalue weighted by molar-refractivity contribution is 5.83. The number of hydrogen-bond acceptors (Lipinski definition) is 6. The van der Waals surface area contributed by atoms with Gasteiger partial charge in [0.15, 0.2) is 11.6 Å². The van der Waals surface area contributed by atoms with E-state index < -0.39 is 0 Å². The number of ether oxygens (including phenoxy) is 1. The summed E-state index contributed by atoms with van der Waals surface area (Å²) in [5, 5.41) is 8.62. The quantitative estimate of drug-likeness (QED) is 0.577. The van der Waals surface area contributed by atoms with Crippen LogP contribution in [0.5, 0.6) is 5.75 Å². The number of aryl methyl sites for hydroxylation is 2. The van der Waals surface area contributed by atoms with Crippen LogP contribution in [0.4, 0.5) is 5.82 Å². The Morgan fingerprint density at radius 2 is 2.00 bits per heavy atom. The number of hydrazone groups is 1. The molecule has 0 aliphatic carbocycles. The molecule has 1 N–H and O–H groups in total. The summed E-state index contributed by atoms with van der Waals surface area (Å²) in [6, 6.07) is 11.4. The predicted molar refractivity (Wildman–Crippen MR) is 92.8 cm³/mol. The summed E-state index contributed by atoms with van der Waals surface area (Å²) in [6.07, 6.45) is 3.16. The summed E-state index contributed by atoms with van der Waals surface area (Å²) in [7, 11) is 1.63. The topological polar surface area (TPSA) is 77.2 Å². The first-order valence-corrected chi connectivity index (χ1v) is 7.45. The fourth-order valence-electron chi connectivity index (χ4n) is 2.33. The highest BCUT2D eigenvalue weighted by Crippen LogP contribution is 2.15. The molecule has 0 aliphatic rings. The zero-order valence-corrected chi connectivity index (χ0v) is 13.8. The third kappa shape index (κ3) is 3.40. The minimum Gasteiger partial charge on any atom is -0.496 e. The Labute approximate surface area is 140 Å². The van der Waals surface area contributed by atoms with Crippen molar-refractivity contribution in [1.82, 2.24) is 19.7 Å². The van der Waals surface area contributed by atoms with Crippen LogP contribution in [-0.4, -0.2) is 33.1 Å². The van der Waals surface area contributed by atoms with Crippen molar-refractivity contribution in [3.05, 3.63) is 59.7 Å². The van der Waals surface area contributed by atoms with Crippen molar-refractivity contribution in [2.45, 2.75) is 13.8 Å². The summed E-state index contributed by atoms with van der Waals surface area (Å²) in [6.45, 7) is 3.93. The Morgan fingerprint density at radius 3 is 2.75 bits per heavy atom. The zero-order chi connectivity index (χ0) is 16.9. The van der Waals surface area contributed by atoms with Crippen molar-refractivity contribution in [1.29, 1.82) is 0 Å². The van der Waals surface area contributed by atoms with Gasteiger partial charge >= 0.3 is 0 Å². The standard InChI is InChI=1S/C17H18N6O/c1-12-8-13(2)23(22-12)17-9-16(18-11-19-17)21-20-10-14-6-4-5-7-15(14)24-3/h4-11H,1-3H3,(H,18,19,21)/b20-10-. The maximum atomic E-state index is 5.28. The van der Waals surface area contributed by atoms with E-state index in [-0.39, 0.29) is 0 Å². The van der Waals surface area contributed by atoms with Crippen molar-refractivity contribution >= 4 is 12.0 Å². The molecule has 0 radical (unpaired) electrons. The van der Waals surface area contributed by atoms with Crippen molar-refractivity contribution < 1.29 is 4.74 Å². The molecule has 1 aromatic carbocycles. The molecule has 2 aromatic heterocycles. The summed E-state index contributed by atoms with van der Waals surface area (Å²) in [5.74, 6) is 2.03. The average Bonchev–Trinajstić information content (AvgIpc) is 2.94. The molecule has 122 valence electrons. The van der Waals surface area contributed by atoms with Gasteiger partial charge in [-0.3, -0.25) is 5.43 Å². The minimum atomic E-state index is 0.582. The van der Waals surface area contributed by atoms with Crippen LogP contribution in [0.25, 0.3) is 5.82 Å². The lowest BCUT2D eigenvalue weighted by Crippen LogP contribution is -2.04. The number of anilines is 1. The summed E-state index contributed by atoms with van der Waals surface area (Å²) in [4.78, 5) is 8.42. The number of nitrogens with one attached hydrogen (secondary N) is 1. The average molecular weight is 322 g/mol. The van der Waals surface area contributed by atoms with Crippen molar-refractivity contribution in [2.75, 3.05) is 12.5 Å². The van der Waals surface area contributed by atoms with E-state index in [0.29, 0.717) is 11.6 Å². The van der Waals surface area contributed by atoms with Crippen molar-refractivity contribution in [3.63, 3.8) is 0 Å². The number of nitrogens with zero attached hydrogens (tertiary/aromatic N) is 5. The Morgan fingerprint density at radius 1 is 1.17 bits per heavy atom. The van der Waals surface area contributed by atoms with Crippen LogP contribution in [-0.2, 0) is 0 Å². The maximum absolute atomic E-state index is 5.28. The molecule has 0 saturated carbocycles. The van der Waals surface area contributed by atoms with E-state index in [1.54, 1.807) is 24.1 Å². The Bertz CT molecular complexity index is 871. The SMILES string of the molecule is COc1ccccc1/C=N\Nc1cc(-n2nc(C)cc2C)ncn1. The van der Waals surface area contributed by atoms with Crippen LogP contribution in [0.3, 0.4) is 0 Å². The molecule has 0 amide bonds. The minimum absolute atomic E-state index is 0.582. The van der Waals surface area contributed by atoms with E-state index in [1.807, 2.05) is 44.2 Å². The summed E-state index contributed by atoms with van der Waals surface area (Å²) in [5.41, 5.74) is 5.73. The molecule has 0 aliphatic heterocycles. The predicted octanol–water partition coefficient (Wildman–Crippen LogP) is 2.73. The second kappa shape index (κ2) is 6.91. The van der Waals surface area contributed by atoms with Crippen LogP contribution in [0.1, 0.15) is 17.0 Å². The Hall–Kier alpha value is -3.22. The van der Waals surface area contributed by atoms with Gasteiger partial charge in [-0.15, -0.1) is 0 Å². The Kier molecular flexibility index (Phi) is 4.51. The molecule has 7 nitrogen and oxygen atoms in total. The molecular weight excluding hydrogens is 304 g/mol. The lowest BCUT2D eigenvalue weighted by molar-refractivity contribution is 0.414. The molecule has 0 spiro atoms. The molecule has 7 heteroatoms. The van der Waals surface area contributed by atoms with Gasteiger partial charge < -0.3 is 4.74 Å². The zero-order valence-electron chi connectivity index (χ0n) is 13.8. The second-order valence-electron chi connectivity index (χ2n) is 5.21. The van der Waals surface area contributed by atoms with Gasteiger partial charge in [0.1, 0.15) is 12.1 Å². The third-order valence-corrected chi connectivity index (χ3v) is 3.40. The number of benzene rings is 1. The number of rotatable bonds is 5. The smallest absolute Gasteiger partial charge is 0.159 e. The van der Waals surface area contributed by atoms with E-state index in [1.165, 1.54) is 6.33 Å². The Balaban J connectivity index is 1.78. The van der Waals surface area contributed by atoms with Gasteiger partial charge in [-0.25, -0.2) is 14.6 Å². The van der Waals surface area contributed by atoms with E-state index >= 15 is 0 Å². The molecule has 0 fully saturated rings. The summed E-state index contributed by atoms with van der Waals surface area (Å²) < 4.78 is 7.05. The fraction of sp³-hybridized carbons (Fsp3) is 0.176. The van der Waals surface area contributed by atoms with E-state index in [0.717, 1.165) is 22.7 Å². The first-order valence-electron chi connectivity index (χ1n) is 7.45. The van der Waals surface area contributed by atoms with Gasteiger partial charge in [-0.1, -0.05) is 12.1 Å². The van der Waals surface area contributed by atoms with E-state index in [4.69, 9.17) is 4.74 Å². The fourth-order valence-corrected chi connectivity index (χ4v) is 2.33. The number of methoxy groups -OCH3 is 1. The van der Waals surface area contributed by atoms with Crippen LogP contribution in [0.15, 0.2) is 47.8 Å². The largest absolute Gasteiger partial charge is 0.496 e. The van der Waals surface area contributed by atoms with E-state index in [9.17, 15) is 0 Å². The molecular formula is C17H18N6O. The first-order chi connectivity index (χ1) is 11.7. The number of aromatic nitrogens is 4. The van der Waals surface area contributed by atoms with Gasteiger partial charge in [0.2, 0.25) is 0 Å². The summed E-state index contributed by atoms with van der Waals surface area (Å²) >= 11 is 0. The van der Waals surface area contributed by atoms with Crippen molar-refractivity contribution in [3.8, 4) is 11.6 Å². The van der Waals surface area contributed by atoms with Crippen LogP contribution < -0.4 is 10.2 Å². The molecule has 3 rings (SSSR count). The molecule has 0 bridgehead atoms. The van der Waals surface area contributed by atoms with Gasteiger partial charge in [-0.2, -0.15) is 10.2 Å². The van der Waals surface area contributed by atoms with Crippen LogP contribution >= 0.6 is 0 Å². The van der Waals surface area contributed by atoms with Gasteiger partial charge in [-0.05, 0) is 32.0 Å². The van der Waals surface area contributed by atoms with Crippen LogP contribution in [0, 0.1) is 13.8 Å². The van der Waals surface area contributed by atoms with Crippen molar-refractivity contribution in [2.24, 2.45) is 5.10 Å². The molecule has 3 aromatic rings. The molecule has 0 atom stereocenters. The van der Waals surface area contributed by atoms with E-state index in [2.05, 4.69) is 25.6 Å². The highest BCUT2D eigenvalue weighted by atomic mass is 16.5. The lowest BCUT2D eigenvalue weighted by Gasteiger charge is -2.05. The normalized spacial score (nSPS) is 11.0. The van der Waals surface area contributed by atoms with Crippen LogP contribution in [0.2, 0.25) is 0 Å². The van der Waals surface area contributed by atoms with Gasteiger partial charge in [0, 0.05) is 17.3 Å². The third-order valence-electron chi connectivity index (χ3n) is 3.40. The molecule has 2 heterocycles. The maximum Gasteiger partial charge on any atom is 0.159 e. The highest BCUT2D eigenvalue weighted by Gasteiger charge is 2.06. The molecule has 24 heavy (non-hydrogen) atoms. The second-order valence-corrected chi connectivity index (χ2v) is 5.21. The first kappa shape index (κ1) is 15.7. The lowest BCUT2D eigenvalue weighted by atomic mass is 10.2. The van der Waals surface area contributed by atoms with Gasteiger partial charge in [0.05, 0.1) is 19.0 Å².